The van der Waals surface area contributed by atoms with Crippen LogP contribution >= 0.6 is 23.4 Å². The maximum Gasteiger partial charge on any atom is 0.234 e. The summed E-state index contributed by atoms with van der Waals surface area (Å²) in [4.78, 5) is 12.0. The van der Waals surface area contributed by atoms with Crippen molar-refractivity contribution in [1.29, 1.82) is 0 Å². The lowest BCUT2D eigenvalue weighted by Crippen LogP contribution is -2.15. The number of benzene rings is 2. The molecule has 2 aromatic carbocycles. The summed E-state index contributed by atoms with van der Waals surface area (Å²) in [5.41, 5.74) is 2.26. The second-order valence-corrected chi connectivity index (χ2v) is 6.30. The first kappa shape index (κ1) is 17.6. The number of rotatable bonds is 6. The van der Waals surface area contributed by atoms with E-state index in [9.17, 15) is 9.18 Å². The Morgan fingerprint density at radius 2 is 2.13 bits per heavy atom. The molecule has 3 nitrogen and oxygen atoms in total. The van der Waals surface area contributed by atoms with Gasteiger partial charge in [-0.1, -0.05) is 17.7 Å². The molecule has 0 atom stereocenters. The van der Waals surface area contributed by atoms with Gasteiger partial charge in [0, 0.05) is 22.0 Å². The fraction of sp³-hybridized carbons (Fsp3) is 0.235. The third-order valence-corrected chi connectivity index (χ3v) is 4.67. The predicted molar refractivity (Wildman–Crippen MR) is 93.9 cm³/mol. The third kappa shape index (κ3) is 4.88. The van der Waals surface area contributed by atoms with Crippen molar-refractivity contribution in [2.24, 2.45) is 0 Å². The molecule has 0 bridgehead atoms. The summed E-state index contributed by atoms with van der Waals surface area (Å²) in [5.74, 6) is 0.912. The van der Waals surface area contributed by atoms with E-state index in [1.165, 1.54) is 31.0 Å². The van der Waals surface area contributed by atoms with Gasteiger partial charge >= 0.3 is 0 Å². The van der Waals surface area contributed by atoms with Crippen molar-refractivity contribution in [2.45, 2.75) is 12.7 Å². The van der Waals surface area contributed by atoms with Crippen LogP contribution < -0.4 is 10.1 Å². The van der Waals surface area contributed by atoms with Crippen LogP contribution in [0.4, 0.5) is 10.1 Å². The smallest absolute Gasteiger partial charge is 0.234 e. The second kappa shape index (κ2) is 8.22. The van der Waals surface area contributed by atoms with Gasteiger partial charge in [0.2, 0.25) is 5.91 Å². The molecule has 2 aromatic rings. The molecule has 0 saturated carbocycles. The summed E-state index contributed by atoms with van der Waals surface area (Å²) < 4.78 is 18.5. The van der Waals surface area contributed by atoms with Gasteiger partial charge in [-0.3, -0.25) is 4.79 Å². The average Bonchev–Trinajstić information content (AvgIpc) is 2.52. The quantitative estimate of drug-likeness (QED) is 0.820. The molecule has 0 unspecified atom stereocenters. The zero-order valence-corrected chi connectivity index (χ0v) is 14.4. The number of carbonyl (C=O) groups is 1. The lowest BCUT2D eigenvalue weighted by atomic mass is 10.2. The van der Waals surface area contributed by atoms with Gasteiger partial charge in [-0.25, -0.2) is 4.39 Å². The zero-order valence-electron chi connectivity index (χ0n) is 12.9. The number of thioether (sulfide) groups is 1. The van der Waals surface area contributed by atoms with Crippen LogP contribution in [-0.2, 0) is 10.5 Å². The number of hydrogen-bond donors (Lipinski definition) is 1. The van der Waals surface area contributed by atoms with Gasteiger partial charge in [0.25, 0.3) is 0 Å². The Kier molecular flexibility index (Phi) is 6.30. The van der Waals surface area contributed by atoms with Gasteiger partial charge in [-0.15, -0.1) is 11.8 Å². The van der Waals surface area contributed by atoms with E-state index in [4.69, 9.17) is 16.3 Å². The molecular formula is C17H17ClFNO2S. The van der Waals surface area contributed by atoms with Crippen molar-refractivity contribution in [3.8, 4) is 5.75 Å². The van der Waals surface area contributed by atoms with Crippen LogP contribution in [0.1, 0.15) is 11.1 Å². The summed E-state index contributed by atoms with van der Waals surface area (Å²) >= 11 is 7.41. The summed E-state index contributed by atoms with van der Waals surface area (Å²) in [6.07, 6.45) is 0. The number of halogens is 2. The summed E-state index contributed by atoms with van der Waals surface area (Å²) in [6.45, 7) is 1.85. The minimum absolute atomic E-state index is 0.129. The fourth-order valence-corrected chi connectivity index (χ4v) is 3.02. The van der Waals surface area contributed by atoms with E-state index in [2.05, 4.69) is 5.32 Å². The van der Waals surface area contributed by atoms with Gasteiger partial charge in [-0.2, -0.15) is 0 Å². The largest absolute Gasteiger partial charge is 0.496 e. The van der Waals surface area contributed by atoms with Gasteiger partial charge in [-0.05, 0) is 42.8 Å². The molecule has 0 saturated heterocycles. The molecule has 23 heavy (non-hydrogen) atoms. The normalized spacial score (nSPS) is 10.4. The van der Waals surface area contributed by atoms with E-state index in [0.717, 1.165) is 11.1 Å². The minimum atomic E-state index is -0.319. The van der Waals surface area contributed by atoms with Crippen molar-refractivity contribution in [3.63, 3.8) is 0 Å². The van der Waals surface area contributed by atoms with E-state index in [0.29, 0.717) is 22.2 Å². The topological polar surface area (TPSA) is 38.3 Å². The Morgan fingerprint density at radius 1 is 1.35 bits per heavy atom. The molecule has 0 aromatic heterocycles. The minimum Gasteiger partial charge on any atom is -0.496 e. The molecule has 2 rings (SSSR count). The van der Waals surface area contributed by atoms with Gasteiger partial charge in [0.15, 0.2) is 0 Å². The Balaban J connectivity index is 1.90. The van der Waals surface area contributed by atoms with Crippen molar-refractivity contribution in [3.05, 3.63) is 58.4 Å². The number of nitrogens with one attached hydrogen (secondary N) is 1. The van der Waals surface area contributed by atoms with E-state index in [1.54, 1.807) is 24.3 Å². The lowest BCUT2D eigenvalue weighted by Gasteiger charge is -2.10. The van der Waals surface area contributed by atoms with Crippen molar-refractivity contribution in [1.82, 2.24) is 0 Å². The Hall–Kier alpha value is -1.72. The first-order valence-corrected chi connectivity index (χ1v) is 8.49. The van der Waals surface area contributed by atoms with E-state index in [-0.39, 0.29) is 17.5 Å². The molecule has 0 aliphatic rings. The average molecular weight is 354 g/mol. The predicted octanol–water partition coefficient (Wildman–Crippen LogP) is 4.67. The monoisotopic (exact) mass is 353 g/mol. The van der Waals surface area contributed by atoms with Crippen LogP contribution in [-0.4, -0.2) is 18.8 Å². The first-order valence-electron chi connectivity index (χ1n) is 6.96. The van der Waals surface area contributed by atoms with Crippen LogP contribution in [0.3, 0.4) is 0 Å². The maximum atomic E-state index is 13.3. The van der Waals surface area contributed by atoms with Crippen LogP contribution in [0.25, 0.3) is 0 Å². The van der Waals surface area contributed by atoms with Gasteiger partial charge in [0.1, 0.15) is 11.6 Å². The highest BCUT2D eigenvalue weighted by molar-refractivity contribution is 7.99. The highest BCUT2D eigenvalue weighted by Gasteiger charge is 2.09. The van der Waals surface area contributed by atoms with Crippen LogP contribution in [0, 0.1) is 12.7 Å². The number of hydrogen-bond acceptors (Lipinski definition) is 3. The van der Waals surface area contributed by atoms with Crippen molar-refractivity contribution < 1.29 is 13.9 Å². The third-order valence-electron chi connectivity index (χ3n) is 3.27. The van der Waals surface area contributed by atoms with Crippen molar-refractivity contribution in [2.75, 3.05) is 18.2 Å². The molecule has 1 N–H and O–H groups in total. The second-order valence-electron chi connectivity index (χ2n) is 4.91. The number of amides is 1. The van der Waals surface area contributed by atoms with E-state index in [1.807, 2.05) is 6.92 Å². The highest BCUT2D eigenvalue weighted by atomic mass is 35.5. The van der Waals surface area contributed by atoms with E-state index < -0.39 is 0 Å². The molecule has 0 spiro atoms. The van der Waals surface area contributed by atoms with Crippen molar-refractivity contribution >= 4 is 35.0 Å². The molecular weight excluding hydrogens is 337 g/mol. The summed E-state index contributed by atoms with van der Waals surface area (Å²) in [6, 6.07) is 9.72. The first-order chi connectivity index (χ1) is 11.0. The van der Waals surface area contributed by atoms with Crippen LogP contribution in [0.15, 0.2) is 36.4 Å². The molecule has 0 radical (unpaired) electrons. The SMILES string of the molecule is COc1ccc(F)cc1CSCC(=O)Nc1cccc(Cl)c1C. The molecule has 0 aliphatic carbocycles. The Labute approximate surface area is 144 Å². The standard InChI is InChI=1S/C17H17ClFNO2S/c1-11-14(18)4-3-5-15(11)20-17(21)10-23-9-12-8-13(19)6-7-16(12)22-2/h3-8H,9-10H2,1-2H3,(H,20,21). The Bertz CT molecular complexity index is 709. The summed E-state index contributed by atoms with van der Waals surface area (Å²) in [5, 5.41) is 3.44. The molecule has 122 valence electrons. The van der Waals surface area contributed by atoms with Crippen LogP contribution in [0.5, 0.6) is 5.75 Å². The number of ether oxygens (including phenoxy) is 1. The highest BCUT2D eigenvalue weighted by Crippen LogP contribution is 2.25. The number of anilines is 1. The number of methoxy groups -OCH3 is 1. The Morgan fingerprint density at radius 3 is 2.87 bits per heavy atom. The van der Waals surface area contributed by atoms with Gasteiger partial charge < -0.3 is 10.1 Å². The summed E-state index contributed by atoms with van der Waals surface area (Å²) in [7, 11) is 1.54. The fourth-order valence-electron chi connectivity index (χ4n) is 2.04. The molecule has 0 aliphatic heterocycles. The van der Waals surface area contributed by atoms with E-state index >= 15 is 0 Å². The maximum absolute atomic E-state index is 13.3. The zero-order chi connectivity index (χ0) is 16.8. The van der Waals surface area contributed by atoms with Crippen LogP contribution in [0.2, 0.25) is 5.02 Å². The van der Waals surface area contributed by atoms with Gasteiger partial charge in [0.05, 0.1) is 12.9 Å². The molecule has 0 heterocycles. The molecule has 1 amide bonds. The lowest BCUT2D eigenvalue weighted by molar-refractivity contribution is -0.113. The number of carbonyl (C=O) groups excluding carboxylic acids is 1. The molecule has 6 heteroatoms. The molecule has 0 fully saturated rings.